The highest BCUT2D eigenvalue weighted by Crippen LogP contribution is 2.34. The van der Waals surface area contributed by atoms with E-state index < -0.39 is 0 Å². The molecule has 2 heteroatoms. The van der Waals surface area contributed by atoms with Gasteiger partial charge in [-0.25, -0.2) is 0 Å². The summed E-state index contributed by atoms with van der Waals surface area (Å²) in [6.45, 7) is 0. The van der Waals surface area contributed by atoms with Crippen LogP contribution in [0.5, 0.6) is 0 Å². The fourth-order valence-corrected chi connectivity index (χ4v) is 2.72. The van der Waals surface area contributed by atoms with E-state index in [-0.39, 0.29) is 5.38 Å². The molecule has 1 heterocycles. The number of halogens is 1. The molecule has 1 aliphatic rings. The Balaban J connectivity index is 2.04. The number of pyridine rings is 1. The van der Waals surface area contributed by atoms with Gasteiger partial charge in [-0.3, -0.25) is 4.98 Å². The van der Waals surface area contributed by atoms with Crippen molar-refractivity contribution in [3.05, 3.63) is 53.7 Å². The summed E-state index contributed by atoms with van der Waals surface area (Å²) < 4.78 is 0. The number of alkyl halides is 1. The lowest BCUT2D eigenvalue weighted by molar-refractivity contribution is 0.652. The van der Waals surface area contributed by atoms with Gasteiger partial charge in [0.1, 0.15) is 0 Å². The first-order valence-corrected chi connectivity index (χ1v) is 6.47. The molecular weight excluding hydrogens is 230 g/mol. The number of hydrogen-bond acceptors (Lipinski definition) is 1. The summed E-state index contributed by atoms with van der Waals surface area (Å²) in [6, 6.07) is 14.5. The Morgan fingerprint density at radius 3 is 2.71 bits per heavy atom. The summed E-state index contributed by atoms with van der Waals surface area (Å²) in [6.07, 6.45) is 3.27. The highest BCUT2D eigenvalue weighted by atomic mass is 35.5. The Hall–Kier alpha value is -1.34. The van der Waals surface area contributed by atoms with Crippen molar-refractivity contribution in [2.24, 2.45) is 0 Å². The number of benzene rings is 1. The average Bonchev–Trinajstić information content (AvgIpc) is 2.40. The molecule has 1 nitrogen and oxygen atoms in total. The molecule has 0 radical (unpaired) electrons. The number of nitrogens with zero attached hydrogens (tertiary/aromatic N) is 1. The van der Waals surface area contributed by atoms with Gasteiger partial charge in [0.2, 0.25) is 0 Å². The second kappa shape index (κ2) is 4.50. The molecule has 0 amide bonds. The summed E-state index contributed by atoms with van der Waals surface area (Å²) in [7, 11) is 0. The fraction of sp³-hybridized carbons (Fsp3) is 0.267. The molecule has 0 N–H and O–H groups in total. The van der Waals surface area contributed by atoms with Crippen molar-refractivity contribution in [1.82, 2.24) is 4.98 Å². The van der Waals surface area contributed by atoms with Crippen molar-refractivity contribution >= 4 is 11.6 Å². The van der Waals surface area contributed by atoms with Gasteiger partial charge in [0.05, 0.1) is 11.1 Å². The number of hydrogen-bond donors (Lipinski definition) is 0. The first-order valence-electron chi connectivity index (χ1n) is 6.04. The van der Waals surface area contributed by atoms with Gasteiger partial charge in [-0.15, -0.1) is 11.6 Å². The Labute approximate surface area is 106 Å². The van der Waals surface area contributed by atoms with Gasteiger partial charge in [0, 0.05) is 11.3 Å². The standard InChI is InChI=1S/C15H14ClN/c16-13-7-4-8-15-12(13)9-10-14(17-15)11-5-2-1-3-6-11/h1-3,5-6,9-10,13H,4,7-8H2. The van der Waals surface area contributed by atoms with Crippen LogP contribution in [0, 0.1) is 0 Å². The normalized spacial score (nSPS) is 18.8. The highest BCUT2D eigenvalue weighted by molar-refractivity contribution is 6.21. The lowest BCUT2D eigenvalue weighted by atomic mass is 9.95. The van der Waals surface area contributed by atoms with Crippen molar-refractivity contribution in [1.29, 1.82) is 0 Å². The molecule has 0 saturated heterocycles. The molecular formula is C15H14ClN. The second-order valence-corrected chi connectivity index (χ2v) is 4.99. The summed E-state index contributed by atoms with van der Waals surface area (Å²) in [4.78, 5) is 4.75. The molecule has 0 spiro atoms. The molecule has 1 aromatic carbocycles. The Morgan fingerprint density at radius 1 is 1.06 bits per heavy atom. The molecule has 17 heavy (non-hydrogen) atoms. The van der Waals surface area contributed by atoms with Gasteiger partial charge in [-0.1, -0.05) is 36.4 Å². The van der Waals surface area contributed by atoms with Crippen LogP contribution >= 0.6 is 11.6 Å². The second-order valence-electron chi connectivity index (χ2n) is 4.46. The van der Waals surface area contributed by atoms with Crippen molar-refractivity contribution in [2.75, 3.05) is 0 Å². The maximum Gasteiger partial charge on any atom is 0.0705 e. The van der Waals surface area contributed by atoms with Crippen LogP contribution < -0.4 is 0 Å². The largest absolute Gasteiger partial charge is 0.253 e. The molecule has 3 rings (SSSR count). The SMILES string of the molecule is ClC1CCCc2nc(-c3ccccc3)ccc21. The van der Waals surface area contributed by atoms with Crippen molar-refractivity contribution in [2.45, 2.75) is 24.6 Å². The first-order chi connectivity index (χ1) is 8.34. The predicted molar refractivity (Wildman–Crippen MR) is 71.2 cm³/mol. The lowest BCUT2D eigenvalue weighted by Crippen LogP contribution is -2.07. The monoisotopic (exact) mass is 243 g/mol. The average molecular weight is 244 g/mol. The maximum absolute atomic E-state index is 6.31. The van der Waals surface area contributed by atoms with Crippen LogP contribution in [-0.2, 0) is 6.42 Å². The van der Waals surface area contributed by atoms with Gasteiger partial charge in [-0.2, -0.15) is 0 Å². The quantitative estimate of drug-likeness (QED) is 0.678. The molecule has 86 valence electrons. The Kier molecular flexibility index (Phi) is 2.86. The highest BCUT2D eigenvalue weighted by Gasteiger charge is 2.19. The van der Waals surface area contributed by atoms with E-state index in [0.717, 1.165) is 25.0 Å². The Morgan fingerprint density at radius 2 is 1.88 bits per heavy atom. The third kappa shape index (κ3) is 2.07. The summed E-state index contributed by atoms with van der Waals surface area (Å²) in [5.41, 5.74) is 4.62. The molecule has 0 fully saturated rings. The van der Waals surface area contributed by atoms with E-state index >= 15 is 0 Å². The van der Waals surface area contributed by atoms with Crippen LogP contribution in [0.3, 0.4) is 0 Å². The molecule has 1 atom stereocenters. The minimum atomic E-state index is 0.149. The molecule has 1 aromatic heterocycles. The zero-order chi connectivity index (χ0) is 11.7. The first kappa shape index (κ1) is 10.8. The summed E-state index contributed by atoms with van der Waals surface area (Å²) >= 11 is 6.31. The van der Waals surface area contributed by atoms with Gasteiger partial charge in [-0.05, 0) is 30.9 Å². The number of aromatic nitrogens is 1. The number of fused-ring (bicyclic) bond motifs is 1. The van der Waals surface area contributed by atoms with Crippen LogP contribution in [0.2, 0.25) is 0 Å². The summed E-state index contributed by atoms with van der Waals surface area (Å²) in [5.74, 6) is 0. The van der Waals surface area contributed by atoms with E-state index in [1.54, 1.807) is 0 Å². The molecule has 2 aromatic rings. The zero-order valence-electron chi connectivity index (χ0n) is 9.57. The van der Waals surface area contributed by atoms with Crippen LogP contribution in [-0.4, -0.2) is 4.98 Å². The van der Waals surface area contributed by atoms with E-state index in [2.05, 4.69) is 24.3 Å². The van der Waals surface area contributed by atoms with Crippen molar-refractivity contribution < 1.29 is 0 Å². The van der Waals surface area contributed by atoms with E-state index in [1.807, 2.05) is 18.2 Å². The number of aryl methyl sites for hydroxylation is 1. The van der Waals surface area contributed by atoms with E-state index in [0.29, 0.717) is 0 Å². The van der Waals surface area contributed by atoms with Crippen LogP contribution in [0.1, 0.15) is 29.5 Å². The predicted octanol–water partition coefficient (Wildman–Crippen LogP) is 4.36. The maximum atomic E-state index is 6.31. The third-order valence-corrected chi connectivity index (χ3v) is 3.74. The van der Waals surface area contributed by atoms with Crippen molar-refractivity contribution in [3.63, 3.8) is 0 Å². The van der Waals surface area contributed by atoms with E-state index in [4.69, 9.17) is 16.6 Å². The van der Waals surface area contributed by atoms with Gasteiger partial charge >= 0.3 is 0 Å². The zero-order valence-corrected chi connectivity index (χ0v) is 10.3. The van der Waals surface area contributed by atoms with E-state index in [1.165, 1.54) is 16.8 Å². The van der Waals surface area contributed by atoms with Crippen LogP contribution in [0.4, 0.5) is 0 Å². The lowest BCUT2D eigenvalue weighted by Gasteiger charge is -2.20. The smallest absolute Gasteiger partial charge is 0.0705 e. The van der Waals surface area contributed by atoms with Gasteiger partial charge in [0.25, 0.3) is 0 Å². The molecule has 0 bridgehead atoms. The minimum absolute atomic E-state index is 0.149. The third-order valence-electron chi connectivity index (χ3n) is 3.29. The van der Waals surface area contributed by atoms with Gasteiger partial charge in [0.15, 0.2) is 0 Å². The topological polar surface area (TPSA) is 12.9 Å². The van der Waals surface area contributed by atoms with Crippen LogP contribution in [0.25, 0.3) is 11.3 Å². The van der Waals surface area contributed by atoms with Crippen molar-refractivity contribution in [3.8, 4) is 11.3 Å². The van der Waals surface area contributed by atoms with Gasteiger partial charge < -0.3 is 0 Å². The molecule has 0 saturated carbocycles. The molecule has 1 unspecified atom stereocenters. The fourth-order valence-electron chi connectivity index (χ4n) is 2.37. The summed E-state index contributed by atoms with van der Waals surface area (Å²) in [5, 5.41) is 0.149. The minimum Gasteiger partial charge on any atom is -0.253 e. The molecule has 1 aliphatic carbocycles. The van der Waals surface area contributed by atoms with E-state index in [9.17, 15) is 0 Å². The Bertz CT molecular complexity index is 522. The molecule has 0 aliphatic heterocycles. The number of rotatable bonds is 1. The van der Waals surface area contributed by atoms with Crippen LogP contribution in [0.15, 0.2) is 42.5 Å².